The zero-order valence-corrected chi connectivity index (χ0v) is 9.12. The number of hydrogen-bond donors (Lipinski definition) is 0. The van der Waals surface area contributed by atoms with Crippen LogP contribution in [0, 0.1) is 11.7 Å². The number of nitrogens with zero attached hydrogens (tertiary/aromatic N) is 3. The van der Waals surface area contributed by atoms with Crippen LogP contribution < -0.4 is 4.90 Å². The maximum Gasteiger partial charge on any atom is 0.228 e. The van der Waals surface area contributed by atoms with Gasteiger partial charge < -0.3 is 0 Å². The molecule has 6 heteroatoms. The summed E-state index contributed by atoms with van der Waals surface area (Å²) >= 11 is 5.57. The molecule has 0 saturated carbocycles. The van der Waals surface area contributed by atoms with Crippen LogP contribution in [-0.2, 0) is 4.79 Å². The van der Waals surface area contributed by atoms with Crippen molar-refractivity contribution in [3.8, 4) is 0 Å². The Morgan fingerprint density at radius 3 is 3.06 bits per heavy atom. The predicted molar refractivity (Wildman–Crippen MR) is 57.7 cm³/mol. The Balaban J connectivity index is 2.34. The number of anilines is 1. The Morgan fingerprint density at radius 2 is 2.44 bits per heavy atom. The Morgan fingerprint density at radius 1 is 1.69 bits per heavy atom. The van der Waals surface area contributed by atoms with Gasteiger partial charge in [-0.15, -0.1) is 6.58 Å². The quantitative estimate of drug-likeness (QED) is 0.586. The fourth-order valence-corrected chi connectivity index (χ4v) is 1.75. The van der Waals surface area contributed by atoms with Gasteiger partial charge >= 0.3 is 0 Å². The zero-order chi connectivity index (χ0) is 11.7. The molecule has 1 aromatic rings. The molecule has 2 heterocycles. The lowest BCUT2D eigenvalue weighted by molar-refractivity contribution is -0.117. The summed E-state index contributed by atoms with van der Waals surface area (Å²) < 4.78 is 13.4. The molecule has 0 radical (unpaired) electrons. The van der Waals surface area contributed by atoms with Crippen molar-refractivity contribution in [2.24, 2.45) is 5.92 Å². The molecule has 0 spiro atoms. The molecular formula is C10H9ClFN3O. The molecule has 2 rings (SSSR count). The van der Waals surface area contributed by atoms with Crippen molar-refractivity contribution in [3.05, 3.63) is 30.0 Å². The van der Waals surface area contributed by atoms with Gasteiger partial charge in [-0.1, -0.05) is 6.08 Å². The summed E-state index contributed by atoms with van der Waals surface area (Å²) in [4.78, 5) is 20.1. The molecule has 1 atom stereocenters. The molecule has 0 aromatic carbocycles. The van der Waals surface area contributed by atoms with E-state index in [4.69, 9.17) is 11.6 Å². The van der Waals surface area contributed by atoms with Gasteiger partial charge in [0.25, 0.3) is 0 Å². The Hall–Kier alpha value is -1.49. The topological polar surface area (TPSA) is 46.1 Å². The Bertz CT molecular complexity index is 452. The second-order valence-electron chi connectivity index (χ2n) is 3.51. The molecule has 4 nitrogen and oxygen atoms in total. The molecule has 84 valence electrons. The number of amides is 1. The Kier molecular flexibility index (Phi) is 2.87. The monoisotopic (exact) mass is 241 g/mol. The van der Waals surface area contributed by atoms with Crippen molar-refractivity contribution in [1.82, 2.24) is 9.97 Å². The van der Waals surface area contributed by atoms with E-state index in [0.29, 0.717) is 13.0 Å². The van der Waals surface area contributed by atoms with E-state index in [1.807, 2.05) is 0 Å². The van der Waals surface area contributed by atoms with Crippen molar-refractivity contribution in [2.45, 2.75) is 6.42 Å². The maximum atomic E-state index is 13.4. The van der Waals surface area contributed by atoms with E-state index in [1.54, 1.807) is 6.08 Å². The number of hydrogen-bond acceptors (Lipinski definition) is 3. The van der Waals surface area contributed by atoms with Crippen LogP contribution in [0.4, 0.5) is 10.2 Å². The van der Waals surface area contributed by atoms with Gasteiger partial charge in [-0.05, 0) is 11.6 Å². The number of halogens is 2. The van der Waals surface area contributed by atoms with Crippen LogP contribution in [0.15, 0.2) is 18.9 Å². The van der Waals surface area contributed by atoms with Gasteiger partial charge in [0.05, 0.1) is 6.20 Å². The minimum Gasteiger partial charge on any atom is -0.294 e. The van der Waals surface area contributed by atoms with Gasteiger partial charge in [0.15, 0.2) is 11.6 Å². The third kappa shape index (κ3) is 1.90. The first-order valence-electron chi connectivity index (χ1n) is 4.72. The summed E-state index contributed by atoms with van der Waals surface area (Å²) in [5.41, 5.74) is 0. The van der Waals surface area contributed by atoms with Crippen LogP contribution in [0.1, 0.15) is 6.42 Å². The summed E-state index contributed by atoms with van der Waals surface area (Å²) in [5.74, 6) is -0.865. The van der Waals surface area contributed by atoms with E-state index in [1.165, 1.54) is 4.90 Å². The molecule has 16 heavy (non-hydrogen) atoms. The zero-order valence-electron chi connectivity index (χ0n) is 8.36. The molecule has 0 N–H and O–H groups in total. The highest BCUT2D eigenvalue weighted by Gasteiger charge is 2.31. The van der Waals surface area contributed by atoms with Crippen LogP contribution in [-0.4, -0.2) is 22.4 Å². The van der Waals surface area contributed by atoms with Crippen LogP contribution in [0.5, 0.6) is 0 Å². The molecular weight excluding hydrogens is 233 g/mol. The highest BCUT2D eigenvalue weighted by atomic mass is 35.5. The molecule has 1 amide bonds. The van der Waals surface area contributed by atoms with E-state index < -0.39 is 5.82 Å². The predicted octanol–water partition coefficient (Wildman–Crippen LogP) is 1.81. The molecule has 1 aliphatic rings. The molecule has 1 unspecified atom stereocenters. The van der Waals surface area contributed by atoms with Crippen LogP contribution in [0.3, 0.4) is 0 Å². The largest absolute Gasteiger partial charge is 0.294 e. The van der Waals surface area contributed by atoms with Crippen LogP contribution >= 0.6 is 11.6 Å². The van der Waals surface area contributed by atoms with Crippen molar-refractivity contribution >= 4 is 23.3 Å². The minimum atomic E-state index is -0.650. The number of carbonyl (C=O) groups is 1. The summed E-state index contributed by atoms with van der Waals surface area (Å²) in [7, 11) is 0. The lowest BCUT2D eigenvalue weighted by Crippen LogP contribution is -2.26. The normalized spacial score (nSPS) is 20.2. The first kappa shape index (κ1) is 11.0. The second kappa shape index (κ2) is 4.17. The molecule has 1 aromatic heterocycles. The fourth-order valence-electron chi connectivity index (χ4n) is 1.62. The van der Waals surface area contributed by atoms with E-state index in [0.717, 1.165) is 6.20 Å². The van der Waals surface area contributed by atoms with E-state index in [2.05, 4.69) is 16.5 Å². The minimum absolute atomic E-state index is 0.0284. The summed E-state index contributed by atoms with van der Waals surface area (Å²) in [6.07, 6.45) is 2.96. The third-order valence-electron chi connectivity index (χ3n) is 2.44. The van der Waals surface area contributed by atoms with Gasteiger partial charge in [0, 0.05) is 18.9 Å². The first-order valence-corrected chi connectivity index (χ1v) is 5.10. The number of carbonyl (C=O) groups excluding carboxylic acids is 1. The number of rotatable bonds is 2. The van der Waals surface area contributed by atoms with Gasteiger partial charge in [-0.3, -0.25) is 9.69 Å². The average molecular weight is 242 g/mol. The second-order valence-corrected chi connectivity index (χ2v) is 3.85. The van der Waals surface area contributed by atoms with Crippen molar-refractivity contribution in [2.75, 3.05) is 11.4 Å². The lowest BCUT2D eigenvalue weighted by Gasteiger charge is -2.15. The van der Waals surface area contributed by atoms with Crippen molar-refractivity contribution in [1.29, 1.82) is 0 Å². The number of aromatic nitrogens is 2. The third-order valence-corrected chi connectivity index (χ3v) is 2.62. The molecule has 0 aliphatic carbocycles. The summed E-state index contributed by atoms with van der Waals surface area (Å²) in [5, 5.41) is -0.0775. The highest BCUT2D eigenvalue weighted by Crippen LogP contribution is 2.26. The highest BCUT2D eigenvalue weighted by molar-refractivity contribution is 6.28. The molecule has 1 saturated heterocycles. The lowest BCUT2D eigenvalue weighted by atomic mass is 10.1. The SMILES string of the molecule is C=CC1CC(=O)N(c2nc(Cl)ncc2F)C1. The average Bonchev–Trinajstić information content (AvgIpc) is 2.63. The summed E-state index contributed by atoms with van der Waals surface area (Å²) in [6.45, 7) is 4.00. The van der Waals surface area contributed by atoms with E-state index in [9.17, 15) is 9.18 Å². The fraction of sp³-hybridized carbons (Fsp3) is 0.300. The van der Waals surface area contributed by atoms with Gasteiger partial charge in [0.1, 0.15) is 0 Å². The molecule has 1 fully saturated rings. The van der Waals surface area contributed by atoms with E-state index >= 15 is 0 Å². The molecule has 0 bridgehead atoms. The van der Waals surface area contributed by atoms with Crippen LogP contribution in [0.25, 0.3) is 0 Å². The van der Waals surface area contributed by atoms with Gasteiger partial charge in [0.2, 0.25) is 11.2 Å². The van der Waals surface area contributed by atoms with Gasteiger partial charge in [-0.2, -0.15) is 4.98 Å². The van der Waals surface area contributed by atoms with Gasteiger partial charge in [-0.25, -0.2) is 9.37 Å². The smallest absolute Gasteiger partial charge is 0.228 e. The standard InChI is InChI=1S/C10H9ClFN3O/c1-2-6-3-8(16)15(5-6)9-7(12)4-13-10(11)14-9/h2,4,6H,1,3,5H2. The van der Waals surface area contributed by atoms with Crippen molar-refractivity contribution < 1.29 is 9.18 Å². The maximum absolute atomic E-state index is 13.4. The van der Waals surface area contributed by atoms with Crippen molar-refractivity contribution in [3.63, 3.8) is 0 Å². The first-order chi connectivity index (χ1) is 7.61. The Labute approximate surface area is 96.8 Å². The van der Waals surface area contributed by atoms with E-state index in [-0.39, 0.29) is 22.9 Å². The van der Waals surface area contributed by atoms with Crippen LogP contribution in [0.2, 0.25) is 5.28 Å². The summed E-state index contributed by atoms with van der Waals surface area (Å²) in [6, 6.07) is 0. The molecule has 1 aliphatic heterocycles.